The molecule has 0 fully saturated rings. The van der Waals surface area contributed by atoms with Crippen LogP contribution < -0.4 is 5.32 Å². The zero-order valence-electron chi connectivity index (χ0n) is 5.81. The highest BCUT2D eigenvalue weighted by molar-refractivity contribution is 5.93. The Morgan fingerprint density at radius 2 is 2.42 bits per heavy atom. The van der Waals surface area contributed by atoms with Crippen LogP contribution in [-0.4, -0.2) is 31.7 Å². The first-order valence-corrected chi connectivity index (χ1v) is 3.15. The van der Waals surface area contributed by atoms with Gasteiger partial charge in [-0.25, -0.2) is 9.48 Å². The van der Waals surface area contributed by atoms with E-state index < -0.39 is 5.97 Å². The molecule has 2 rings (SSSR count). The van der Waals surface area contributed by atoms with E-state index in [9.17, 15) is 9.59 Å². The number of nitrogens with one attached hydrogen (secondary N) is 1. The van der Waals surface area contributed by atoms with E-state index >= 15 is 0 Å². The van der Waals surface area contributed by atoms with Crippen molar-refractivity contribution in [2.45, 2.75) is 6.54 Å². The van der Waals surface area contributed by atoms with E-state index in [1.165, 1.54) is 4.68 Å². The van der Waals surface area contributed by atoms with Crippen LogP contribution in [0.3, 0.4) is 0 Å². The predicted molar refractivity (Wildman–Crippen MR) is 35.6 cm³/mol. The van der Waals surface area contributed by atoms with Gasteiger partial charge in [0.1, 0.15) is 6.54 Å². The molecule has 0 saturated carbocycles. The number of carbonyl (C=O) groups excluding carboxylic acids is 1. The number of hydrogen-bond acceptors (Lipinski definition) is 4. The van der Waals surface area contributed by atoms with Crippen molar-refractivity contribution in [3.63, 3.8) is 0 Å². The first-order chi connectivity index (χ1) is 5.66. The monoisotopic (exact) mass is 168 g/mol. The number of carbonyl (C=O) groups is 2. The molecular formula is C5H4N4O3. The second-order valence-electron chi connectivity index (χ2n) is 2.27. The standard InChI is InChI=1S/C5H4N4O3/c10-2-1-9-5(6-2)7-3(8-9)4(11)12/h1H2,(H,11,12)(H,6,7,8,10). The van der Waals surface area contributed by atoms with E-state index in [-0.39, 0.29) is 24.2 Å². The molecule has 0 aromatic carbocycles. The molecule has 7 heteroatoms. The summed E-state index contributed by atoms with van der Waals surface area (Å²) in [6.45, 7) is 0.0373. The molecule has 0 unspecified atom stereocenters. The summed E-state index contributed by atoms with van der Waals surface area (Å²) in [7, 11) is 0. The molecule has 1 aliphatic rings. The Balaban J connectivity index is 2.40. The lowest BCUT2D eigenvalue weighted by Gasteiger charge is -1.85. The van der Waals surface area contributed by atoms with Crippen LogP contribution in [0.2, 0.25) is 0 Å². The van der Waals surface area contributed by atoms with Crippen LogP contribution in [0.5, 0.6) is 0 Å². The molecule has 62 valence electrons. The van der Waals surface area contributed by atoms with Crippen LogP contribution in [0.1, 0.15) is 10.6 Å². The van der Waals surface area contributed by atoms with Gasteiger partial charge in [0.15, 0.2) is 0 Å². The molecule has 0 aliphatic carbocycles. The van der Waals surface area contributed by atoms with Gasteiger partial charge < -0.3 is 5.11 Å². The summed E-state index contributed by atoms with van der Waals surface area (Å²) in [5, 5.41) is 14.4. The molecule has 2 N–H and O–H groups in total. The Morgan fingerprint density at radius 3 is 3.00 bits per heavy atom. The van der Waals surface area contributed by atoms with Gasteiger partial charge in [-0.05, 0) is 0 Å². The Labute approximate surface area is 66.0 Å². The third-order valence-electron chi connectivity index (χ3n) is 1.41. The van der Waals surface area contributed by atoms with E-state index in [1.54, 1.807) is 0 Å². The zero-order valence-corrected chi connectivity index (χ0v) is 5.81. The average Bonchev–Trinajstić information content (AvgIpc) is 2.42. The fourth-order valence-corrected chi connectivity index (χ4v) is 0.936. The van der Waals surface area contributed by atoms with Gasteiger partial charge in [0, 0.05) is 0 Å². The van der Waals surface area contributed by atoms with Gasteiger partial charge in [0.2, 0.25) is 11.9 Å². The number of aromatic nitrogens is 3. The highest BCUT2D eigenvalue weighted by Gasteiger charge is 2.23. The zero-order chi connectivity index (χ0) is 8.72. The summed E-state index contributed by atoms with van der Waals surface area (Å²) in [4.78, 5) is 24.6. The minimum atomic E-state index is -1.20. The Bertz CT molecular complexity index is 343. The molecule has 7 nitrogen and oxygen atoms in total. The maximum absolute atomic E-state index is 10.7. The number of hydrogen-bond donors (Lipinski definition) is 2. The number of fused-ring (bicyclic) bond motifs is 1. The highest BCUT2D eigenvalue weighted by atomic mass is 16.4. The van der Waals surface area contributed by atoms with E-state index in [2.05, 4.69) is 15.4 Å². The first kappa shape index (κ1) is 6.77. The van der Waals surface area contributed by atoms with E-state index in [1.807, 2.05) is 0 Å². The van der Waals surface area contributed by atoms with Crippen LogP contribution in [0, 0.1) is 0 Å². The van der Waals surface area contributed by atoms with E-state index in [0.29, 0.717) is 0 Å². The van der Waals surface area contributed by atoms with Crippen LogP contribution in [0.25, 0.3) is 0 Å². The minimum absolute atomic E-state index is 0.0373. The van der Waals surface area contributed by atoms with Gasteiger partial charge in [0.25, 0.3) is 5.82 Å². The molecule has 1 amide bonds. The van der Waals surface area contributed by atoms with Crippen LogP contribution in [0.15, 0.2) is 0 Å². The smallest absolute Gasteiger partial charge is 0.375 e. The number of carboxylic acids is 1. The first-order valence-electron chi connectivity index (χ1n) is 3.15. The third kappa shape index (κ3) is 0.831. The highest BCUT2D eigenvalue weighted by Crippen LogP contribution is 2.10. The maximum Gasteiger partial charge on any atom is 0.375 e. The molecule has 0 saturated heterocycles. The van der Waals surface area contributed by atoms with Gasteiger partial charge in [-0.1, -0.05) is 0 Å². The SMILES string of the molecule is O=C1Cn2nc(C(=O)O)nc2N1. The Hall–Kier alpha value is -1.92. The lowest BCUT2D eigenvalue weighted by Crippen LogP contribution is -2.09. The number of carboxylic acid groups (broad SMARTS) is 1. The minimum Gasteiger partial charge on any atom is -0.475 e. The van der Waals surface area contributed by atoms with Gasteiger partial charge in [-0.3, -0.25) is 10.1 Å². The number of amides is 1. The maximum atomic E-state index is 10.7. The van der Waals surface area contributed by atoms with Crippen molar-refractivity contribution >= 4 is 17.8 Å². The quantitative estimate of drug-likeness (QED) is 0.556. The summed E-state index contributed by atoms with van der Waals surface area (Å²) in [5.41, 5.74) is 0. The number of anilines is 1. The van der Waals surface area contributed by atoms with Crippen molar-refractivity contribution in [2.75, 3.05) is 5.32 Å². The van der Waals surface area contributed by atoms with Crippen molar-refractivity contribution in [1.82, 2.24) is 14.8 Å². The molecule has 0 radical (unpaired) electrons. The van der Waals surface area contributed by atoms with Crippen LogP contribution in [0.4, 0.5) is 5.95 Å². The molecule has 12 heavy (non-hydrogen) atoms. The molecule has 2 heterocycles. The summed E-state index contributed by atoms with van der Waals surface area (Å²) < 4.78 is 1.21. The largest absolute Gasteiger partial charge is 0.475 e. The topological polar surface area (TPSA) is 97.1 Å². The molecule has 1 aliphatic heterocycles. The third-order valence-corrected chi connectivity index (χ3v) is 1.41. The lowest BCUT2D eigenvalue weighted by atomic mass is 10.6. The van der Waals surface area contributed by atoms with Crippen molar-refractivity contribution in [3.05, 3.63) is 5.82 Å². The average molecular weight is 168 g/mol. The molecule has 0 bridgehead atoms. The molecule has 0 spiro atoms. The normalized spacial score (nSPS) is 14.2. The molecule has 0 atom stereocenters. The summed E-state index contributed by atoms with van der Waals surface area (Å²) in [5.74, 6) is -1.55. The summed E-state index contributed by atoms with van der Waals surface area (Å²) in [6, 6.07) is 0. The van der Waals surface area contributed by atoms with Crippen molar-refractivity contribution in [2.24, 2.45) is 0 Å². The molecule has 1 aromatic heterocycles. The number of nitrogens with zero attached hydrogens (tertiary/aromatic N) is 3. The molecule has 1 aromatic rings. The fourth-order valence-electron chi connectivity index (χ4n) is 0.936. The van der Waals surface area contributed by atoms with Gasteiger partial charge in [-0.15, -0.1) is 5.10 Å². The van der Waals surface area contributed by atoms with Gasteiger partial charge in [0.05, 0.1) is 0 Å². The van der Waals surface area contributed by atoms with Gasteiger partial charge in [-0.2, -0.15) is 4.98 Å². The van der Waals surface area contributed by atoms with E-state index in [0.717, 1.165) is 0 Å². The van der Waals surface area contributed by atoms with Crippen molar-refractivity contribution in [3.8, 4) is 0 Å². The summed E-state index contributed by atoms with van der Waals surface area (Å²) >= 11 is 0. The van der Waals surface area contributed by atoms with Crippen molar-refractivity contribution < 1.29 is 14.7 Å². The molecular weight excluding hydrogens is 164 g/mol. The van der Waals surface area contributed by atoms with Crippen LogP contribution in [-0.2, 0) is 11.3 Å². The summed E-state index contributed by atoms with van der Waals surface area (Å²) in [6.07, 6.45) is 0. The number of aromatic carboxylic acids is 1. The lowest BCUT2D eigenvalue weighted by molar-refractivity contribution is -0.116. The predicted octanol–water partition coefficient (Wildman–Crippen LogP) is -1.07. The van der Waals surface area contributed by atoms with Crippen molar-refractivity contribution in [1.29, 1.82) is 0 Å². The van der Waals surface area contributed by atoms with Gasteiger partial charge >= 0.3 is 5.97 Å². The second kappa shape index (κ2) is 2.03. The Kier molecular flexibility index (Phi) is 1.15. The Morgan fingerprint density at radius 1 is 1.67 bits per heavy atom. The van der Waals surface area contributed by atoms with E-state index in [4.69, 9.17) is 5.11 Å². The van der Waals surface area contributed by atoms with Crippen LogP contribution >= 0.6 is 0 Å². The second-order valence-corrected chi connectivity index (χ2v) is 2.27. The number of rotatable bonds is 1. The fraction of sp³-hybridized carbons (Fsp3) is 0.200.